The molecule has 1 fully saturated rings. The number of aliphatic hydroxyl groups is 1. The molecule has 1 saturated carbocycles. The molecule has 1 aromatic rings. The van der Waals surface area contributed by atoms with Crippen LogP contribution in [0.15, 0.2) is 28.7 Å². The van der Waals surface area contributed by atoms with Gasteiger partial charge >= 0.3 is 5.97 Å². The number of carbonyl (C=O) groups is 3. The number of carboxylic acids is 1. The number of nitrogens with one attached hydrogen (secondary N) is 2. The van der Waals surface area contributed by atoms with Crippen molar-refractivity contribution in [3.63, 3.8) is 0 Å². The van der Waals surface area contributed by atoms with Crippen molar-refractivity contribution in [2.45, 2.75) is 44.2 Å². The highest BCUT2D eigenvalue weighted by molar-refractivity contribution is 9.10. The Morgan fingerprint density at radius 2 is 1.69 bits per heavy atom. The number of carbonyl (C=O) groups excluding carboxylic acids is 2. The quantitative estimate of drug-likeness (QED) is 0.529. The minimum absolute atomic E-state index is 0.0590. The van der Waals surface area contributed by atoms with Crippen LogP contribution in [-0.2, 0) is 9.59 Å². The van der Waals surface area contributed by atoms with Crippen LogP contribution in [0.2, 0.25) is 0 Å². The Kier molecular flexibility index (Phi) is 7.59. The predicted octanol–water partition coefficient (Wildman–Crippen LogP) is 1.69. The molecule has 0 saturated heterocycles. The van der Waals surface area contributed by atoms with Crippen LogP contribution in [0.25, 0.3) is 0 Å². The Morgan fingerprint density at radius 3 is 2.23 bits per heavy atom. The molecule has 142 valence electrons. The zero-order valence-corrected chi connectivity index (χ0v) is 15.9. The fourth-order valence-corrected chi connectivity index (χ4v) is 3.40. The fraction of sp³-hybridized carbons (Fsp3) is 0.500. The molecule has 2 rings (SSSR count). The maximum Gasteiger partial charge on any atom is 0.328 e. The molecule has 0 unspecified atom stereocenters. The summed E-state index contributed by atoms with van der Waals surface area (Å²) >= 11 is 3.30. The van der Waals surface area contributed by atoms with E-state index in [-0.39, 0.29) is 11.8 Å². The molecule has 4 N–H and O–H groups in total. The smallest absolute Gasteiger partial charge is 0.328 e. The van der Waals surface area contributed by atoms with Gasteiger partial charge < -0.3 is 20.8 Å². The van der Waals surface area contributed by atoms with Crippen LogP contribution >= 0.6 is 15.9 Å². The molecule has 0 spiro atoms. The van der Waals surface area contributed by atoms with Crippen LogP contribution in [0.4, 0.5) is 0 Å². The van der Waals surface area contributed by atoms with Gasteiger partial charge in [-0.3, -0.25) is 9.59 Å². The van der Waals surface area contributed by atoms with Crippen LogP contribution in [-0.4, -0.2) is 46.7 Å². The van der Waals surface area contributed by atoms with Crippen LogP contribution in [0, 0.1) is 5.92 Å². The maximum absolute atomic E-state index is 12.6. The first-order chi connectivity index (χ1) is 12.4. The number of hydrogen-bond donors (Lipinski definition) is 4. The molecule has 1 aliphatic rings. The largest absolute Gasteiger partial charge is 0.480 e. The van der Waals surface area contributed by atoms with E-state index in [1.54, 1.807) is 24.3 Å². The number of hydrogen-bond acceptors (Lipinski definition) is 4. The van der Waals surface area contributed by atoms with Crippen molar-refractivity contribution in [1.82, 2.24) is 10.6 Å². The summed E-state index contributed by atoms with van der Waals surface area (Å²) in [5.41, 5.74) is 0.416. The lowest BCUT2D eigenvalue weighted by molar-refractivity contribution is -0.143. The number of aliphatic hydroxyl groups excluding tert-OH is 1. The van der Waals surface area contributed by atoms with Crippen molar-refractivity contribution in [2.75, 3.05) is 6.61 Å². The Morgan fingerprint density at radius 1 is 1.08 bits per heavy atom. The van der Waals surface area contributed by atoms with Gasteiger partial charge in [0.15, 0.2) is 0 Å². The summed E-state index contributed by atoms with van der Waals surface area (Å²) in [5.74, 6) is -2.35. The average molecular weight is 427 g/mol. The average Bonchev–Trinajstić information content (AvgIpc) is 2.64. The standard InChI is InChI=1S/C18H23BrN2O5/c19-13-8-6-12(7-9-13)16(23)21-15(11-4-2-1-3-5-11)17(24)20-14(10-22)18(25)26/h6-9,11,14-15,22H,1-5,10H2,(H,20,24)(H,21,23)(H,25,26)/t14-,15-/m0/s1. The summed E-state index contributed by atoms with van der Waals surface area (Å²) < 4.78 is 0.836. The van der Waals surface area contributed by atoms with Gasteiger partial charge in [-0.15, -0.1) is 0 Å². The van der Waals surface area contributed by atoms with Crippen LogP contribution in [0.5, 0.6) is 0 Å². The van der Waals surface area contributed by atoms with Gasteiger partial charge in [0.25, 0.3) is 5.91 Å². The van der Waals surface area contributed by atoms with Crippen LogP contribution in [0.3, 0.4) is 0 Å². The number of carboxylic acid groups (broad SMARTS) is 1. The van der Waals surface area contributed by atoms with E-state index < -0.39 is 30.6 Å². The number of aliphatic carboxylic acids is 1. The van der Waals surface area contributed by atoms with Crippen molar-refractivity contribution >= 4 is 33.7 Å². The van der Waals surface area contributed by atoms with Gasteiger partial charge in [-0.1, -0.05) is 35.2 Å². The molecule has 7 nitrogen and oxygen atoms in total. The summed E-state index contributed by atoms with van der Waals surface area (Å²) in [4.78, 5) is 36.2. The molecule has 2 amide bonds. The lowest BCUT2D eigenvalue weighted by atomic mass is 9.83. The molecule has 0 heterocycles. The van der Waals surface area contributed by atoms with Gasteiger partial charge in [-0.2, -0.15) is 0 Å². The summed E-state index contributed by atoms with van der Waals surface area (Å²) in [6.45, 7) is -0.709. The third-order valence-corrected chi connectivity index (χ3v) is 5.12. The molecule has 26 heavy (non-hydrogen) atoms. The summed E-state index contributed by atoms with van der Waals surface area (Å²) in [6, 6.07) is 4.53. The molecule has 8 heteroatoms. The zero-order chi connectivity index (χ0) is 19.1. The summed E-state index contributed by atoms with van der Waals surface area (Å²) in [6.07, 6.45) is 4.58. The highest BCUT2D eigenvalue weighted by Gasteiger charge is 2.33. The highest BCUT2D eigenvalue weighted by atomic mass is 79.9. The Labute approximate surface area is 160 Å². The van der Waals surface area contributed by atoms with Gasteiger partial charge in [0.05, 0.1) is 6.61 Å². The first-order valence-corrected chi connectivity index (χ1v) is 9.42. The molecule has 0 radical (unpaired) electrons. The zero-order valence-electron chi connectivity index (χ0n) is 14.3. The molecule has 0 bridgehead atoms. The lowest BCUT2D eigenvalue weighted by Crippen LogP contribution is -2.55. The third kappa shape index (κ3) is 5.54. The van der Waals surface area contributed by atoms with Gasteiger partial charge in [-0.25, -0.2) is 4.79 Å². The van der Waals surface area contributed by atoms with Gasteiger partial charge in [0.1, 0.15) is 12.1 Å². The van der Waals surface area contributed by atoms with Crippen molar-refractivity contribution < 1.29 is 24.6 Å². The minimum atomic E-state index is -1.39. The van der Waals surface area contributed by atoms with Crippen molar-refractivity contribution in [3.8, 4) is 0 Å². The van der Waals surface area contributed by atoms with E-state index in [4.69, 9.17) is 10.2 Å². The predicted molar refractivity (Wildman–Crippen MR) is 98.6 cm³/mol. The molecule has 0 aliphatic heterocycles. The highest BCUT2D eigenvalue weighted by Crippen LogP contribution is 2.27. The normalized spacial score (nSPS) is 17.2. The first-order valence-electron chi connectivity index (χ1n) is 8.63. The van der Waals surface area contributed by atoms with Crippen molar-refractivity contribution in [1.29, 1.82) is 0 Å². The van der Waals surface area contributed by atoms with Crippen molar-refractivity contribution in [3.05, 3.63) is 34.3 Å². The second-order valence-electron chi connectivity index (χ2n) is 6.44. The summed E-state index contributed by atoms with van der Waals surface area (Å²) in [5, 5.41) is 23.2. The Balaban J connectivity index is 2.14. The number of halogens is 1. The lowest BCUT2D eigenvalue weighted by Gasteiger charge is -2.30. The monoisotopic (exact) mass is 426 g/mol. The molecule has 1 aromatic carbocycles. The van der Waals surface area contributed by atoms with Crippen molar-refractivity contribution in [2.24, 2.45) is 5.92 Å². The summed E-state index contributed by atoms with van der Waals surface area (Å²) in [7, 11) is 0. The Bertz CT molecular complexity index is 643. The molecule has 1 aliphatic carbocycles. The fourth-order valence-electron chi connectivity index (χ4n) is 3.14. The minimum Gasteiger partial charge on any atom is -0.480 e. The topological polar surface area (TPSA) is 116 Å². The van der Waals surface area contributed by atoms with E-state index in [0.29, 0.717) is 5.56 Å². The molecular formula is C18H23BrN2O5. The number of rotatable bonds is 7. The first kappa shape index (κ1) is 20.4. The molecule has 2 atom stereocenters. The maximum atomic E-state index is 12.6. The number of benzene rings is 1. The van der Waals surface area contributed by atoms with E-state index in [1.807, 2.05) is 0 Å². The number of amides is 2. The molecular weight excluding hydrogens is 404 g/mol. The van der Waals surface area contributed by atoms with Crippen LogP contribution in [0.1, 0.15) is 42.5 Å². The van der Waals surface area contributed by atoms with E-state index >= 15 is 0 Å². The van der Waals surface area contributed by atoms with E-state index in [0.717, 1.165) is 36.6 Å². The SMILES string of the molecule is O=C(N[C@H](C(=O)N[C@@H](CO)C(=O)O)C1CCCCC1)c1ccc(Br)cc1. The third-order valence-electron chi connectivity index (χ3n) is 4.59. The second-order valence-corrected chi connectivity index (χ2v) is 7.35. The Hall–Kier alpha value is -1.93. The van der Waals surface area contributed by atoms with Gasteiger partial charge in [0, 0.05) is 10.0 Å². The van der Waals surface area contributed by atoms with E-state index in [2.05, 4.69) is 26.6 Å². The van der Waals surface area contributed by atoms with Gasteiger partial charge in [0.2, 0.25) is 5.91 Å². The van der Waals surface area contributed by atoms with E-state index in [9.17, 15) is 14.4 Å². The van der Waals surface area contributed by atoms with E-state index in [1.165, 1.54) is 0 Å². The molecule has 0 aromatic heterocycles. The van der Waals surface area contributed by atoms with Crippen LogP contribution < -0.4 is 10.6 Å². The van der Waals surface area contributed by atoms with Gasteiger partial charge in [-0.05, 0) is 43.0 Å². The second kappa shape index (κ2) is 9.68.